The average molecular weight is 428 g/mol. The second kappa shape index (κ2) is 9.24. The van der Waals surface area contributed by atoms with Gasteiger partial charge in [-0.25, -0.2) is 0 Å². The van der Waals surface area contributed by atoms with Crippen LogP contribution in [0.25, 0.3) is 11.0 Å². The van der Waals surface area contributed by atoms with Gasteiger partial charge >= 0.3 is 6.36 Å². The van der Waals surface area contributed by atoms with Gasteiger partial charge < -0.3 is 19.0 Å². The van der Waals surface area contributed by atoms with E-state index in [1.807, 2.05) is 6.92 Å². The Hall–Kier alpha value is -2.29. The van der Waals surface area contributed by atoms with Crippen LogP contribution in [0.2, 0.25) is 0 Å². The molecular formula is C21H27F3N2O4. The van der Waals surface area contributed by atoms with Gasteiger partial charge in [0.1, 0.15) is 17.6 Å². The summed E-state index contributed by atoms with van der Waals surface area (Å²) in [6.07, 6.45) is -0.774. The smallest absolute Gasteiger partial charge is 0.461 e. The number of aryl methyl sites for hydroxylation is 1. The second-order valence-corrected chi connectivity index (χ2v) is 8.01. The van der Waals surface area contributed by atoms with Crippen LogP contribution in [0, 0.1) is 5.92 Å². The van der Waals surface area contributed by atoms with Gasteiger partial charge in [0.2, 0.25) is 0 Å². The molecule has 1 fully saturated rings. The molecule has 6 nitrogen and oxygen atoms in total. The minimum absolute atomic E-state index is 0.0269. The molecule has 0 unspecified atom stereocenters. The number of hydrogen-bond donors (Lipinski definition) is 0. The van der Waals surface area contributed by atoms with Gasteiger partial charge in [0.15, 0.2) is 0 Å². The Kier molecular flexibility index (Phi) is 6.90. The molecule has 0 bridgehead atoms. The zero-order chi connectivity index (χ0) is 21.9. The largest absolute Gasteiger partial charge is 0.573 e. The van der Waals surface area contributed by atoms with Crippen LogP contribution in [0.5, 0.6) is 11.8 Å². The number of aromatic nitrogens is 2. The first-order valence-electron chi connectivity index (χ1n) is 10.1. The number of rotatable bonds is 8. The van der Waals surface area contributed by atoms with Crippen LogP contribution in [0.15, 0.2) is 18.2 Å². The number of carbonyl (C=O) groups is 1. The van der Waals surface area contributed by atoms with Crippen molar-refractivity contribution in [2.24, 2.45) is 13.0 Å². The Morgan fingerprint density at radius 2 is 1.90 bits per heavy atom. The molecule has 1 aliphatic carbocycles. The van der Waals surface area contributed by atoms with Crippen molar-refractivity contribution in [2.75, 3.05) is 6.61 Å². The summed E-state index contributed by atoms with van der Waals surface area (Å²) in [6, 6.07) is 4.39. The van der Waals surface area contributed by atoms with Crippen LogP contribution in [0.3, 0.4) is 0 Å². The Balaban J connectivity index is 1.54. The van der Waals surface area contributed by atoms with Gasteiger partial charge in [0, 0.05) is 26.1 Å². The molecule has 0 aliphatic heterocycles. The van der Waals surface area contributed by atoms with Crippen molar-refractivity contribution in [3.63, 3.8) is 0 Å². The maximum Gasteiger partial charge on any atom is 0.573 e. The molecule has 9 heteroatoms. The molecule has 1 saturated carbocycles. The molecule has 1 heterocycles. The minimum Gasteiger partial charge on any atom is -0.461 e. The number of fused-ring (bicyclic) bond motifs is 1. The fraction of sp³-hybridized carbons (Fsp3) is 0.619. The van der Waals surface area contributed by atoms with Gasteiger partial charge in [0.25, 0.3) is 6.01 Å². The molecule has 166 valence electrons. The number of benzene rings is 1. The minimum atomic E-state index is -4.74. The molecule has 2 aromatic rings. The molecule has 1 atom stereocenters. The van der Waals surface area contributed by atoms with Crippen LogP contribution in [-0.2, 0) is 16.6 Å². The first kappa shape index (κ1) is 22.4. The third kappa shape index (κ3) is 6.10. The van der Waals surface area contributed by atoms with Gasteiger partial charge in [-0.15, -0.1) is 13.2 Å². The highest BCUT2D eigenvalue weighted by molar-refractivity contribution is 5.78. The van der Waals surface area contributed by atoms with E-state index in [0.29, 0.717) is 30.1 Å². The lowest BCUT2D eigenvalue weighted by Crippen LogP contribution is -2.30. The van der Waals surface area contributed by atoms with Crippen molar-refractivity contribution < 1.29 is 32.2 Å². The lowest BCUT2D eigenvalue weighted by molar-refractivity contribution is -0.274. The third-order valence-electron chi connectivity index (χ3n) is 5.19. The first-order chi connectivity index (χ1) is 14.1. The summed E-state index contributed by atoms with van der Waals surface area (Å²) in [5.41, 5.74) is 1.04. The average Bonchev–Trinajstić information content (AvgIpc) is 2.95. The van der Waals surface area contributed by atoms with Crippen LogP contribution in [0.1, 0.15) is 46.0 Å². The highest BCUT2D eigenvalue weighted by Gasteiger charge is 2.31. The monoisotopic (exact) mass is 428 g/mol. The molecular weight excluding hydrogens is 401 g/mol. The van der Waals surface area contributed by atoms with Crippen LogP contribution in [0.4, 0.5) is 13.2 Å². The van der Waals surface area contributed by atoms with Gasteiger partial charge in [-0.05, 0) is 50.7 Å². The molecule has 1 aromatic heterocycles. The van der Waals surface area contributed by atoms with Crippen molar-refractivity contribution in [3.8, 4) is 11.8 Å². The van der Waals surface area contributed by atoms with Crippen LogP contribution in [-0.4, -0.2) is 40.5 Å². The number of imidazole rings is 1. The zero-order valence-corrected chi connectivity index (χ0v) is 17.4. The number of Topliss-reactive ketones (excluding diaryl/α,β-unsaturated/α-hetero) is 1. The van der Waals surface area contributed by atoms with E-state index >= 15 is 0 Å². The summed E-state index contributed by atoms with van der Waals surface area (Å²) in [5.74, 6) is 0.0895. The van der Waals surface area contributed by atoms with Gasteiger partial charge in [0.05, 0.1) is 17.1 Å². The summed E-state index contributed by atoms with van der Waals surface area (Å²) in [7, 11) is 1.70. The lowest BCUT2D eigenvalue weighted by atomic mass is 9.95. The van der Waals surface area contributed by atoms with E-state index in [0.717, 1.165) is 25.7 Å². The summed E-state index contributed by atoms with van der Waals surface area (Å²) >= 11 is 0. The zero-order valence-electron chi connectivity index (χ0n) is 17.4. The fourth-order valence-electron chi connectivity index (χ4n) is 3.77. The summed E-state index contributed by atoms with van der Waals surface area (Å²) in [4.78, 5) is 15.5. The molecule has 0 spiro atoms. The number of alkyl halides is 3. The van der Waals surface area contributed by atoms with E-state index < -0.39 is 6.36 Å². The maximum atomic E-state index is 12.4. The van der Waals surface area contributed by atoms with Gasteiger partial charge in [-0.2, -0.15) is 4.98 Å². The molecule has 0 N–H and O–H groups in total. The standard InChI is InChI=1S/C21H27F3N2O4/c1-13(10-14(2)27)12-28-15-4-6-16(7-5-15)29-20-25-18-9-8-17(30-21(22,23)24)11-19(18)26(20)3/h8-9,11,13,15-16H,4-7,10,12H2,1-3H3/t13-,15?,16?/m1/s1. The predicted octanol–water partition coefficient (Wildman–Crippen LogP) is 4.79. The number of halogens is 3. The highest BCUT2D eigenvalue weighted by Crippen LogP contribution is 2.30. The lowest BCUT2D eigenvalue weighted by Gasteiger charge is -2.29. The van der Waals surface area contributed by atoms with Gasteiger partial charge in [-0.3, -0.25) is 4.57 Å². The van der Waals surface area contributed by atoms with E-state index in [1.54, 1.807) is 18.5 Å². The van der Waals surface area contributed by atoms with Crippen LogP contribution >= 0.6 is 0 Å². The van der Waals surface area contributed by atoms with Crippen molar-refractivity contribution >= 4 is 16.8 Å². The SMILES string of the molecule is CC(=O)C[C@@H](C)COC1CCC(Oc2nc3ccc(OC(F)(F)F)cc3n2C)CC1. The highest BCUT2D eigenvalue weighted by atomic mass is 19.4. The summed E-state index contributed by atoms with van der Waals surface area (Å²) < 4.78 is 54.9. The van der Waals surface area contributed by atoms with E-state index in [1.165, 1.54) is 18.2 Å². The third-order valence-corrected chi connectivity index (χ3v) is 5.19. The number of nitrogens with zero attached hydrogens (tertiary/aromatic N) is 2. The molecule has 0 radical (unpaired) electrons. The quantitative estimate of drug-likeness (QED) is 0.605. The maximum absolute atomic E-state index is 12.4. The van der Waals surface area contributed by atoms with Crippen molar-refractivity contribution in [2.45, 2.75) is 64.5 Å². The second-order valence-electron chi connectivity index (χ2n) is 8.01. The Labute approximate surface area is 173 Å². The number of ketones is 1. The van der Waals surface area contributed by atoms with E-state index in [4.69, 9.17) is 9.47 Å². The number of hydrogen-bond acceptors (Lipinski definition) is 5. The predicted molar refractivity (Wildman–Crippen MR) is 104 cm³/mol. The molecule has 0 amide bonds. The molecule has 0 saturated heterocycles. The Morgan fingerprint density at radius 3 is 2.53 bits per heavy atom. The van der Waals surface area contributed by atoms with E-state index in [9.17, 15) is 18.0 Å². The van der Waals surface area contributed by atoms with Crippen molar-refractivity contribution in [1.82, 2.24) is 9.55 Å². The molecule has 3 rings (SSSR count). The van der Waals surface area contributed by atoms with Crippen molar-refractivity contribution in [3.05, 3.63) is 18.2 Å². The first-order valence-corrected chi connectivity index (χ1v) is 10.1. The Morgan fingerprint density at radius 1 is 1.23 bits per heavy atom. The molecule has 1 aromatic carbocycles. The van der Waals surface area contributed by atoms with E-state index in [2.05, 4.69) is 9.72 Å². The van der Waals surface area contributed by atoms with E-state index in [-0.39, 0.29) is 29.7 Å². The number of ether oxygens (including phenoxy) is 3. The van der Waals surface area contributed by atoms with Gasteiger partial charge in [-0.1, -0.05) is 6.92 Å². The topological polar surface area (TPSA) is 62.6 Å². The molecule has 1 aliphatic rings. The van der Waals surface area contributed by atoms with Crippen LogP contribution < -0.4 is 9.47 Å². The number of carbonyl (C=O) groups excluding carboxylic acids is 1. The Bertz CT molecular complexity index is 873. The van der Waals surface area contributed by atoms with Crippen molar-refractivity contribution in [1.29, 1.82) is 0 Å². The summed E-state index contributed by atoms with van der Waals surface area (Å²) in [5, 5.41) is 0. The molecule has 30 heavy (non-hydrogen) atoms. The summed E-state index contributed by atoms with van der Waals surface area (Å²) in [6.45, 7) is 4.17. The fourth-order valence-corrected chi connectivity index (χ4v) is 3.77. The normalized spacial score (nSPS) is 20.9.